The molecule has 138 valence electrons. The van der Waals surface area contributed by atoms with Gasteiger partial charge in [-0.05, 0) is 35.5 Å². The highest BCUT2D eigenvalue weighted by Gasteiger charge is 2.17. The monoisotopic (exact) mass is 401 g/mol. The molecule has 1 N–H and O–H groups in total. The van der Waals surface area contributed by atoms with E-state index in [1.54, 1.807) is 41.8 Å². The molecular formula is C18H13N2O5S2-. The number of hydrogen-bond acceptors (Lipinski definition) is 7. The minimum Gasteiger partial charge on any atom is -0.858 e. The van der Waals surface area contributed by atoms with Crippen LogP contribution in [0.4, 0.5) is 11.4 Å². The molecule has 0 amide bonds. The van der Waals surface area contributed by atoms with E-state index in [0.29, 0.717) is 17.2 Å². The number of anilines is 1. The summed E-state index contributed by atoms with van der Waals surface area (Å²) in [5, 5.41) is 14.3. The van der Waals surface area contributed by atoms with Crippen LogP contribution >= 0.6 is 11.3 Å². The third kappa shape index (κ3) is 3.60. The summed E-state index contributed by atoms with van der Waals surface area (Å²) >= 11 is 1.09. The Morgan fingerprint density at radius 3 is 2.70 bits per heavy atom. The average Bonchev–Trinajstić information content (AvgIpc) is 3.33. The predicted octanol–water partition coefficient (Wildman–Crippen LogP) is 2.72. The standard InChI is InChI=1S/C18H14N2O5S2/c21-18(19-12-7-8-15-16(10-12)25-11-24-15)13-4-1-2-5-14(13)20-27(22,23)17-6-3-9-26-17/h1-10,20H,11H2,(H,19,21)/p-1. The average molecular weight is 401 g/mol. The number of benzene rings is 2. The van der Waals surface area contributed by atoms with Crippen LogP contribution < -0.4 is 19.3 Å². The van der Waals surface area contributed by atoms with Gasteiger partial charge in [0.15, 0.2) is 11.5 Å². The van der Waals surface area contributed by atoms with Gasteiger partial charge in [0.2, 0.25) is 6.79 Å². The van der Waals surface area contributed by atoms with Crippen molar-refractivity contribution >= 4 is 38.6 Å². The van der Waals surface area contributed by atoms with Crippen LogP contribution in [0.1, 0.15) is 5.56 Å². The third-order valence-corrected chi connectivity index (χ3v) is 6.51. The van der Waals surface area contributed by atoms with Crippen LogP contribution in [0.25, 0.3) is 0 Å². The van der Waals surface area contributed by atoms with Crippen LogP contribution in [-0.2, 0) is 10.0 Å². The summed E-state index contributed by atoms with van der Waals surface area (Å²) in [6.45, 7) is 0.125. The van der Waals surface area contributed by atoms with Crippen LogP contribution in [0, 0.1) is 0 Å². The number of nitrogens with one attached hydrogen (secondary N) is 1. The zero-order valence-electron chi connectivity index (χ0n) is 13.8. The first-order valence-corrected chi connectivity index (χ1v) is 10.2. The van der Waals surface area contributed by atoms with Crippen molar-refractivity contribution in [1.29, 1.82) is 0 Å². The van der Waals surface area contributed by atoms with Crippen LogP contribution in [0.2, 0.25) is 0 Å². The van der Waals surface area contributed by atoms with Crippen molar-refractivity contribution in [3.63, 3.8) is 0 Å². The highest BCUT2D eigenvalue weighted by molar-refractivity contribution is 7.94. The highest BCUT2D eigenvalue weighted by Crippen LogP contribution is 2.35. The zero-order chi connectivity index (χ0) is 18.9. The first-order valence-electron chi connectivity index (χ1n) is 7.84. The van der Waals surface area contributed by atoms with Gasteiger partial charge >= 0.3 is 0 Å². The summed E-state index contributed by atoms with van der Waals surface area (Å²) in [4.78, 5) is 4.05. The summed E-state index contributed by atoms with van der Waals surface area (Å²) in [5.74, 6) is 0.527. The quantitative estimate of drug-likeness (QED) is 0.523. The van der Waals surface area contributed by atoms with Gasteiger partial charge in [0.1, 0.15) is 4.21 Å². The lowest BCUT2D eigenvalue weighted by molar-refractivity contribution is -0.212. The number of hydrogen-bond donors (Lipinski definition) is 1. The molecule has 2 heterocycles. The molecule has 0 unspecified atom stereocenters. The Hall–Kier alpha value is -3.04. The van der Waals surface area contributed by atoms with Crippen molar-refractivity contribution in [2.45, 2.75) is 4.21 Å². The van der Waals surface area contributed by atoms with E-state index < -0.39 is 15.9 Å². The molecule has 1 aromatic heterocycles. The third-order valence-electron chi connectivity index (χ3n) is 3.75. The molecule has 1 aliphatic heterocycles. The molecule has 9 heteroatoms. The van der Waals surface area contributed by atoms with Crippen LogP contribution in [0.15, 0.2) is 69.2 Å². The number of rotatable bonds is 5. The summed E-state index contributed by atoms with van der Waals surface area (Å²) in [7, 11) is -3.77. The number of aliphatic imine (C=N–C) groups is 1. The molecule has 4 rings (SSSR count). The summed E-state index contributed by atoms with van der Waals surface area (Å²) in [5.41, 5.74) is 0.704. The van der Waals surface area contributed by atoms with E-state index in [9.17, 15) is 13.5 Å². The SMILES string of the molecule is O=S(=O)(Nc1ccccc1C([O-])=Nc1ccc2c(c1)OCO2)c1cccs1. The first-order chi connectivity index (χ1) is 13.0. The zero-order valence-corrected chi connectivity index (χ0v) is 15.4. The molecule has 0 aliphatic carbocycles. The molecule has 27 heavy (non-hydrogen) atoms. The number of sulfonamides is 1. The number of thiophene rings is 1. The maximum atomic E-state index is 12.6. The Morgan fingerprint density at radius 2 is 1.89 bits per heavy atom. The van der Waals surface area contributed by atoms with Gasteiger partial charge in [0, 0.05) is 11.6 Å². The van der Waals surface area contributed by atoms with Gasteiger partial charge in [-0.1, -0.05) is 24.3 Å². The molecule has 3 aromatic rings. The van der Waals surface area contributed by atoms with E-state index in [1.807, 2.05) is 0 Å². The Morgan fingerprint density at radius 1 is 1.07 bits per heavy atom. The topological polar surface area (TPSA) is 100 Å². The van der Waals surface area contributed by atoms with E-state index in [1.165, 1.54) is 18.2 Å². The second-order valence-electron chi connectivity index (χ2n) is 5.54. The fourth-order valence-corrected chi connectivity index (χ4v) is 4.57. The fraction of sp³-hybridized carbons (Fsp3) is 0.0556. The molecule has 0 fully saturated rings. The van der Waals surface area contributed by atoms with Gasteiger partial charge in [-0.3, -0.25) is 9.71 Å². The van der Waals surface area contributed by atoms with Crippen LogP contribution in [-0.4, -0.2) is 21.1 Å². The number of para-hydroxylation sites is 1. The first kappa shape index (κ1) is 17.4. The second-order valence-corrected chi connectivity index (χ2v) is 8.39. The van der Waals surface area contributed by atoms with Gasteiger partial charge in [0.25, 0.3) is 10.0 Å². The van der Waals surface area contributed by atoms with Crippen molar-refractivity contribution in [3.05, 3.63) is 65.5 Å². The molecule has 0 atom stereocenters. The van der Waals surface area contributed by atoms with Gasteiger partial charge in [-0.15, -0.1) is 11.3 Å². The minimum absolute atomic E-state index is 0.125. The molecule has 0 saturated heterocycles. The number of ether oxygens (including phenoxy) is 2. The Balaban J connectivity index is 1.66. The van der Waals surface area contributed by atoms with Crippen molar-refractivity contribution < 1.29 is 23.0 Å². The van der Waals surface area contributed by atoms with E-state index >= 15 is 0 Å². The van der Waals surface area contributed by atoms with E-state index in [2.05, 4.69) is 9.71 Å². The van der Waals surface area contributed by atoms with Crippen molar-refractivity contribution in [1.82, 2.24) is 0 Å². The van der Waals surface area contributed by atoms with Gasteiger partial charge in [-0.25, -0.2) is 8.42 Å². The molecule has 0 saturated carbocycles. The van der Waals surface area contributed by atoms with Gasteiger partial charge < -0.3 is 14.6 Å². The Labute approximate surface area is 159 Å². The lowest BCUT2D eigenvalue weighted by Gasteiger charge is -2.16. The minimum atomic E-state index is -3.77. The number of nitrogens with zero attached hydrogens (tertiary/aromatic N) is 1. The molecular weight excluding hydrogens is 388 g/mol. The molecule has 0 radical (unpaired) electrons. The molecule has 0 bridgehead atoms. The predicted molar refractivity (Wildman–Crippen MR) is 100 cm³/mol. The van der Waals surface area contributed by atoms with E-state index in [-0.39, 0.29) is 22.3 Å². The molecule has 2 aromatic carbocycles. The van der Waals surface area contributed by atoms with Crippen molar-refractivity contribution in [2.24, 2.45) is 4.99 Å². The normalized spacial score (nSPS) is 13.6. The van der Waals surface area contributed by atoms with Gasteiger partial charge in [-0.2, -0.15) is 0 Å². The van der Waals surface area contributed by atoms with Crippen LogP contribution in [0.3, 0.4) is 0 Å². The fourth-order valence-electron chi connectivity index (χ4n) is 2.50. The largest absolute Gasteiger partial charge is 0.858 e. The second kappa shape index (κ2) is 6.93. The lowest BCUT2D eigenvalue weighted by atomic mass is 10.2. The van der Waals surface area contributed by atoms with E-state index in [4.69, 9.17) is 9.47 Å². The summed E-state index contributed by atoms with van der Waals surface area (Å²) in [6, 6.07) is 14.4. The molecule has 7 nitrogen and oxygen atoms in total. The maximum Gasteiger partial charge on any atom is 0.271 e. The highest BCUT2D eigenvalue weighted by atomic mass is 32.2. The maximum absolute atomic E-state index is 12.6. The molecule has 1 aliphatic rings. The summed E-state index contributed by atoms with van der Waals surface area (Å²) in [6.07, 6.45) is 0. The van der Waals surface area contributed by atoms with Crippen molar-refractivity contribution in [3.8, 4) is 11.5 Å². The molecule has 0 spiro atoms. The van der Waals surface area contributed by atoms with Gasteiger partial charge in [0.05, 0.1) is 11.4 Å². The Bertz CT molecular complexity index is 1110. The summed E-state index contributed by atoms with van der Waals surface area (Å²) < 4.78 is 38.0. The lowest BCUT2D eigenvalue weighted by Crippen LogP contribution is -2.22. The van der Waals surface area contributed by atoms with E-state index in [0.717, 1.165) is 11.3 Å². The number of fused-ring (bicyclic) bond motifs is 1. The van der Waals surface area contributed by atoms with Crippen LogP contribution in [0.5, 0.6) is 11.5 Å². The van der Waals surface area contributed by atoms with Crippen molar-refractivity contribution in [2.75, 3.05) is 11.5 Å². The Kier molecular flexibility index (Phi) is 4.46. The smallest absolute Gasteiger partial charge is 0.271 e.